The fourth-order valence-corrected chi connectivity index (χ4v) is 4.19. The molecule has 182 valence electrons. The minimum Gasteiger partial charge on any atom is -0.493 e. The zero-order valence-corrected chi connectivity index (χ0v) is 20.3. The number of ether oxygens (including phenoxy) is 2. The monoisotopic (exact) mass is 485 g/mol. The molecule has 2 heterocycles. The van der Waals surface area contributed by atoms with Crippen LogP contribution in [-0.2, 0) is 16.0 Å². The maximum absolute atomic E-state index is 12.7. The van der Waals surface area contributed by atoms with Crippen molar-refractivity contribution >= 4 is 36.2 Å². The molecule has 1 saturated heterocycles. The highest BCUT2D eigenvalue weighted by Crippen LogP contribution is 2.31. The number of piperidine rings is 1. The summed E-state index contributed by atoms with van der Waals surface area (Å²) in [6.45, 7) is 4.69. The summed E-state index contributed by atoms with van der Waals surface area (Å²) in [5.74, 6) is 0.491. The van der Waals surface area contributed by atoms with Gasteiger partial charge in [-0.3, -0.25) is 14.6 Å². The van der Waals surface area contributed by atoms with E-state index in [0.29, 0.717) is 37.3 Å². The smallest absolute Gasteiger partial charge is 0.306 e. The lowest BCUT2D eigenvalue weighted by molar-refractivity contribution is -0.144. The molecule has 4 rings (SSSR count). The quantitative estimate of drug-likeness (QED) is 0.454. The van der Waals surface area contributed by atoms with Crippen molar-refractivity contribution in [3.05, 3.63) is 59.2 Å². The molecule has 7 nitrogen and oxygen atoms in total. The Morgan fingerprint density at radius 3 is 2.65 bits per heavy atom. The standard InChI is InChI=1S/C26H31N3O4.ClH/c1-2-32-25(30)15-20-14-22-16-23(10-11-24(22)33-18-20)28-26(31)21-8-6-19(7-9-21)17-27-29-12-4-3-5-13-29;/h6-11,16-17,20H,2-5,12-15,18H2,1H3,(H,28,31);1H/b27-17+;. The molecule has 0 spiro atoms. The van der Waals surface area contributed by atoms with Crippen LogP contribution in [0.5, 0.6) is 5.75 Å². The van der Waals surface area contributed by atoms with Gasteiger partial charge in [0.25, 0.3) is 5.91 Å². The molecular formula is C26H32ClN3O4. The number of halogens is 1. The van der Waals surface area contributed by atoms with Gasteiger partial charge in [0.05, 0.1) is 25.8 Å². The van der Waals surface area contributed by atoms with Gasteiger partial charge in [-0.1, -0.05) is 12.1 Å². The molecule has 0 aromatic heterocycles. The van der Waals surface area contributed by atoms with E-state index < -0.39 is 0 Å². The fraction of sp³-hybridized carbons (Fsp3) is 0.423. The van der Waals surface area contributed by atoms with Crippen LogP contribution in [-0.4, -0.2) is 49.4 Å². The summed E-state index contributed by atoms with van der Waals surface area (Å²) in [6, 6.07) is 13.1. The second-order valence-corrected chi connectivity index (χ2v) is 8.55. The molecule has 2 aromatic carbocycles. The molecular weight excluding hydrogens is 454 g/mol. The van der Waals surface area contributed by atoms with Gasteiger partial charge in [-0.25, -0.2) is 0 Å². The number of fused-ring (bicyclic) bond motifs is 1. The number of nitrogens with one attached hydrogen (secondary N) is 1. The van der Waals surface area contributed by atoms with Crippen molar-refractivity contribution in [2.45, 2.75) is 39.0 Å². The van der Waals surface area contributed by atoms with Crippen LogP contribution < -0.4 is 10.1 Å². The highest BCUT2D eigenvalue weighted by atomic mass is 35.5. The third-order valence-electron chi connectivity index (χ3n) is 5.94. The van der Waals surface area contributed by atoms with Crippen LogP contribution in [0, 0.1) is 5.92 Å². The number of amides is 1. The Balaban J connectivity index is 0.00000324. The second kappa shape index (κ2) is 12.4. The Hall–Kier alpha value is -3.06. The lowest BCUT2D eigenvalue weighted by atomic mass is 9.93. The number of hydrazone groups is 1. The number of benzene rings is 2. The zero-order chi connectivity index (χ0) is 23.0. The molecule has 2 aliphatic heterocycles. The van der Waals surface area contributed by atoms with Gasteiger partial charge in [-0.05, 0) is 74.1 Å². The highest BCUT2D eigenvalue weighted by molar-refractivity contribution is 6.04. The topological polar surface area (TPSA) is 80.2 Å². The van der Waals surface area contributed by atoms with Crippen molar-refractivity contribution in [2.75, 3.05) is 31.6 Å². The molecule has 0 saturated carbocycles. The summed E-state index contributed by atoms with van der Waals surface area (Å²) in [4.78, 5) is 24.5. The fourth-order valence-electron chi connectivity index (χ4n) is 4.19. The van der Waals surface area contributed by atoms with Crippen molar-refractivity contribution < 1.29 is 19.1 Å². The molecule has 0 radical (unpaired) electrons. The molecule has 8 heteroatoms. The van der Waals surface area contributed by atoms with E-state index in [9.17, 15) is 9.59 Å². The van der Waals surface area contributed by atoms with Gasteiger partial charge in [0.2, 0.25) is 0 Å². The summed E-state index contributed by atoms with van der Waals surface area (Å²) >= 11 is 0. The van der Waals surface area contributed by atoms with Gasteiger partial charge in [0.1, 0.15) is 5.75 Å². The lowest BCUT2D eigenvalue weighted by Crippen LogP contribution is -2.24. The molecule has 1 unspecified atom stereocenters. The van der Waals surface area contributed by atoms with Gasteiger partial charge in [-0.15, -0.1) is 12.4 Å². The van der Waals surface area contributed by atoms with Crippen molar-refractivity contribution in [1.82, 2.24) is 5.01 Å². The summed E-state index contributed by atoms with van der Waals surface area (Å²) in [7, 11) is 0. The first-order chi connectivity index (χ1) is 16.1. The third kappa shape index (κ3) is 6.97. The van der Waals surface area contributed by atoms with E-state index in [1.807, 2.05) is 48.7 Å². The van der Waals surface area contributed by atoms with Crippen molar-refractivity contribution in [1.29, 1.82) is 0 Å². The summed E-state index contributed by atoms with van der Waals surface area (Å²) in [5, 5.41) is 9.60. The van der Waals surface area contributed by atoms with Gasteiger partial charge in [-0.2, -0.15) is 5.10 Å². The largest absolute Gasteiger partial charge is 0.493 e. The lowest BCUT2D eigenvalue weighted by Gasteiger charge is -2.25. The number of rotatable bonds is 7. The van der Waals surface area contributed by atoms with Gasteiger partial charge in [0, 0.05) is 30.3 Å². The Morgan fingerprint density at radius 1 is 1.15 bits per heavy atom. The van der Waals surface area contributed by atoms with Gasteiger partial charge >= 0.3 is 5.97 Å². The molecule has 34 heavy (non-hydrogen) atoms. The minimum atomic E-state index is -0.205. The molecule has 2 aliphatic rings. The normalized spacial score (nSPS) is 17.3. The van der Waals surface area contributed by atoms with Crippen LogP contribution in [0.25, 0.3) is 0 Å². The molecule has 1 atom stereocenters. The molecule has 0 aliphatic carbocycles. The van der Waals surface area contributed by atoms with Gasteiger partial charge < -0.3 is 14.8 Å². The van der Waals surface area contributed by atoms with Crippen LogP contribution in [0.1, 0.15) is 54.1 Å². The Labute approximate surface area is 206 Å². The summed E-state index contributed by atoms with van der Waals surface area (Å²) in [5.41, 5.74) is 3.24. The second-order valence-electron chi connectivity index (χ2n) is 8.55. The van der Waals surface area contributed by atoms with Crippen molar-refractivity contribution in [3.63, 3.8) is 0 Å². The number of anilines is 1. The third-order valence-corrected chi connectivity index (χ3v) is 5.94. The molecule has 1 fully saturated rings. The van der Waals surface area contributed by atoms with Crippen LogP contribution in [0.4, 0.5) is 5.69 Å². The van der Waals surface area contributed by atoms with E-state index >= 15 is 0 Å². The Morgan fingerprint density at radius 2 is 1.91 bits per heavy atom. The molecule has 1 N–H and O–H groups in total. The highest BCUT2D eigenvalue weighted by Gasteiger charge is 2.23. The number of carbonyl (C=O) groups excluding carboxylic acids is 2. The Kier molecular flexibility index (Phi) is 9.33. The first-order valence-electron chi connectivity index (χ1n) is 11.7. The predicted molar refractivity (Wildman–Crippen MR) is 135 cm³/mol. The van der Waals surface area contributed by atoms with Crippen LogP contribution in [0.15, 0.2) is 47.6 Å². The molecule has 1 amide bonds. The SMILES string of the molecule is CCOC(=O)CC1COc2ccc(NC(=O)c3ccc(/C=N/N4CCCCC4)cc3)cc2C1.Cl. The van der Waals surface area contributed by atoms with Crippen LogP contribution in [0.3, 0.4) is 0 Å². The van der Waals surface area contributed by atoms with Crippen molar-refractivity contribution in [2.24, 2.45) is 11.0 Å². The maximum Gasteiger partial charge on any atom is 0.306 e. The van der Waals surface area contributed by atoms with Crippen molar-refractivity contribution in [3.8, 4) is 5.75 Å². The average molecular weight is 486 g/mol. The summed E-state index contributed by atoms with van der Waals surface area (Å²) in [6.07, 6.45) is 6.55. The first kappa shape index (κ1) is 25.6. The average Bonchev–Trinajstić information content (AvgIpc) is 2.83. The first-order valence-corrected chi connectivity index (χ1v) is 11.7. The van der Waals surface area contributed by atoms with Crippen LogP contribution >= 0.6 is 12.4 Å². The van der Waals surface area contributed by atoms with E-state index in [-0.39, 0.29) is 30.2 Å². The predicted octanol–water partition coefficient (Wildman–Crippen LogP) is 4.68. The number of carbonyl (C=O) groups is 2. The van der Waals surface area contributed by atoms with E-state index in [2.05, 4.69) is 15.4 Å². The molecule has 0 bridgehead atoms. The number of esters is 1. The zero-order valence-electron chi connectivity index (χ0n) is 19.5. The number of nitrogens with zero attached hydrogens (tertiary/aromatic N) is 2. The summed E-state index contributed by atoms with van der Waals surface area (Å²) < 4.78 is 10.9. The van der Waals surface area contributed by atoms with E-state index in [4.69, 9.17) is 9.47 Å². The number of hydrogen-bond acceptors (Lipinski definition) is 6. The van der Waals surface area contributed by atoms with Gasteiger partial charge in [0.15, 0.2) is 0 Å². The Bertz CT molecular complexity index is 1000. The maximum atomic E-state index is 12.7. The molecule has 2 aromatic rings. The minimum absolute atomic E-state index is 0. The number of hydrogen-bond donors (Lipinski definition) is 1. The van der Waals surface area contributed by atoms with E-state index in [0.717, 1.165) is 30.0 Å². The van der Waals surface area contributed by atoms with Crippen LogP contribution in [0.2, 0.25) is 0 Å². The van der Waals surface area contributed by atoms with E-state index in [1.165, 1.54) is 19.3 Å². The van der Waals surface area contributed by atoms with E-state index in [1.54, 1.807) is 6.92 Å².